The van der Waals surface area contributed by atoms with Crippen LogP contribution in [0, 0.1) is 0 Å². The topological polar surface area (TPSA) is 27.7 Å². The molecule has 0 bridgehead atoms. The minimum atomic E-state index is -0.146. The van der Waals surface area contributed by atoms with E-state index in [1.807, 2.05) is 49.4 Å². The van der Waals surface area contributed by atoms with E-state index in [-0.39, 0.29) is 6.10 Å². The predicted molar refractivity (Wildman–Crippen MR) is 115 cm³/mol. The van der Waals surface area contributed by atoms with Gasteiger partial charge >= 0.3 is 0 Å². The number of hydrogen-bond donors (Lipinski definition) is 0. The SMILES string of the molecule is C=C(C)C1OCCc2cc(OCc3ccccc3)cc(OCc3ccccc3)c21. The molecule has 0 aromatic heterocycles. The van der Waals surface area contributed by atoms with Crippen molar-refractivity contribution in [2.45, 2.75) is 32.7 Å². The van der Waals surface area contributed by atoms with Gasteiger partial charge in [0, 0.05) is 11.6 Å². The summed E-state index contributed by atoms with van der Waals surface area (Å²) in [4.78, 5) is 0. The minimum absolute atomic E-state index is 0.146. The Morgan fingerprint density at radius 1 is 0.931 bits per heavy atom. The molecule has 0 amide bonds. The van der Waals surface area contributed by atoms with Gasteiger partial charge in [-0.3, -0.25) is 0 Å². The summed E-state index contributed by atoms with van der Waals surface area (Å²) in [5, 5.41) is 0. The highest BCUT2D eigenvalue weighted by molar-refractivity contribution is 5.51. The van der Waals surface area contributed by atoms with E-state index >= 15 is 0 Å². The molecular weight excluding hydrogens is 360 g/mol. The first-order valence-electron chi connectivity index (χ1n) is 9.98. The molecule has 1 atom stereocenters. The van der Waals surface area contributed by atoms with E-state index in [1.54, 1.807) is 0 Å². The summed E-state index contributed by atoms with van der Waals surface area (Å²) in [6.45, 7) is 7.82. The molecule has 3 aromatic rings. The van der Waals surface area contributed by atoms with Crippen LogP contribution in [-0.2, 0) is 24.4 Å². The van der Waals surface area contributed by atoms with Gasteiger partial charge in [-0.2, -0.15) is 0 Å². The number of rotatable bonds is 7. The average Bonchev–Trinajstić information content (AvgIpc) is 2.77. The molecule has 1 unspecified atom stereocenters. The van der Waals surface area contributed by atoms with E-state index in [0.717, 1.165) is 40.2 Å². The van der Waals surface area contributed by atoms with Gasteiger partial charge in [-0.05, 0) is 41.7 Å². The van der Waals surface area contributed by atoms with Crippen LogP contribution in [0.5, 0.6) is 11.5 Å². The second-order valence-corrected chi connectivity index (χ2v) is 7.39. The van der Waals surface area contributed by atoms with Gasteiger partial charge in [-0.25, -0.2) is 0 Å². The molecule has 148 valence electrons. The third kappa shape index (κ3) is 4.69. The first-order valence-corrected chi connectivity index (χ1v) is 9.98. The van der Waals surface area contributed by atoms with Gasteiger partial charge in [0.15, 0.2) is 0 Å². The molecule has 4 rings (SSSR count). The fraction of sp³-hybridized carbons (Fsp3) is 0.231. The molecule has 0 N–H and O–H groups in total. The van der Waals surface area contributed by atoms with E-state index in [1.165, 1.54) is 5.56 Å². The smallest absolute Gasteiger partial charge is 0.129 e. The molecular formula is C26H26O3. The summed E-state index contributed by atoms with van der Waals surface area (Å²) in [6.07, 6.45) is 0.691. The van der Waals surface area contributed by atoms with Crippen LogP contribution >= 0.6 is 0 Å². The van der Waals surface area contributed by atoms with Crippen molar-refractivity contribution in [1.29, 1.82) is 0 Å². The standard InChI is InChI=1S/C26H26O3/c1-19(2)26-25-22(13-14-27-26)15-23(28-17-20-9-5-3-6-10-20)16-24(25)29-18-21-11-7-4-8-12-21/h3-12,15-16,26H,1,13-14,17-18H2,2H3. The second-order valence-electron chi connectivity index (χ2n) is 7.39. The van der Waals surface area contributed by atoms with Crippen LogP contribution in [0.2, 0.25) is 0 Å². The minimum Gasteiger partial charge on any atom is -0.489 e. The number of benzene rings is 3. The first-order chi connectivity index (χ1) is 14.2. The molecule has 0 spiro atoms. The van der Waals surface area contributed by atoms with Crippen molar-refractivity contribution >= 4 is 0 Å². The first kappa shape index (κ1) is 19.3. The summed E-state index contributed by atoms with van der Waals surface area (Å²) in [5.41, 5.74) is 5.53. The van der Waals surface area contributed by atoms with Crippen molar-refractivity contribution in [2.75, 3.05) is 6.61 Å². The molecule has 3 heteroatoms. The van der Waals surface area contributed by atoms with Crippen LogP contribution in [0.3, 0.4) is 0 Å². The Morgan fingerprint density at radius 2 is 1.55 bits per heavy atom. The Labute approximate surface area is 172 Å². The number of ether oxygens (including phenoxy) is 3. The lowest BCUT2D eigenvalue weighted by atomic mass is 9.93. The Bertz CT molecular complexity index is 964. The summed E-state index contributed by atoms with van der Waals surface area (Å²) in [7, 11) is 0. The monoisotopic (exact) mass is 386 g/mol. The van der Waals surface area contributed by atoms with Crippen molar-refractivity contribution in [3.63, 3.8) is 0 Å². The summed E-state index contributed by atoms with van der Waals surface area (Å²) >= 11 is 0. The van der Waals surface area contributed by atoms with E-state index in [2.05, 4.69) is 36.9 Å². The summed E-state index contributed by atoms with van der Waals surface area (Å²) < 4.78 is 18.4. The summed E-state index contributed by atoms with van der Waals surface area (Å²) in [6, 6.07) is 24.5. The van der Waals surface area contributed by atoms with Gasteiger partial charge in [-0.15, -0.1) is 0 Å². The Morgan fingerprint density at radius 3 is 2.17 bits per heavy atom. The van der Waals surface area contributed by atoms with Crippen LogP contribution in [0.15, 0.2) is 84.9 Å². The zero-order valence-corrected chi connectivity index (χ0v) is 16.8. The van der Waals surface area contributed by atoms with Gasteiger partial charge in [-0.1, -0.05) is 67.2 Å². The van der Waals surface area contributed by atoms with E-state index in [4.69, 9.17) is 14.2 Å². The van der Waals surface area contributed by atoms with Crippen molar-refractivity contribution < 1.29 is 14.2 Å². The van der Waals surface area contributed by atoms with Gasteiger partial charge in [0.1, 0.15) is 30.8 Å². The lowest BCUT2D eigenvalue weighted by Gasteiger charge is -2.29. The maximum absolute atomic E-state index is 6.26. The molecule has 1 aliphatic heterocycles. The molecule has 0 aliphatic carbocycles. The van der Waals surface area contributed by atoms with Crippen molar-refractivity contribution in [3.05, 3.63) is 107 Å². The highest BCUT2D eigenvalue weighted by Crippen LogP contribution is 2.41. The lowest BCUT2D eigenvalue weighted by Crippen LogP contribution is -2.18. The van der Waals surface area contributed by atoms with Crippen LogP contribution in [-0.4, -0.2) is 6.61 Å². The molecule has 3 nitrogen and oxygen atoms in total. The maximum atomic E-state index is 6.26. The van der Waals surface area contributed by atoms with E-state index in [0.29, 0.717) is 19.8 Å². The van der Waals surface area contributed by atoms with Gasteiger partial charge < -0.3 is 14.2 Å². The maximum Gasteiger partial charge on any atom is 0.129 e. The van der Waals surface area contributed by atoms with E-state index in [9.17, 15) is 0 Å². The molecule has 3 aromatic carbocycles. The molecule has 0 radical (unpaired) electrons. The molecule has 1 heterocycles. The molecule has 1 aliphatic rings. The largest absolute Gasteiger partial charge is 0.489 e. The highest BCUT2D eigenvalue weighted by atomic mass is 16.5. The Balaban J connectivity index is 1.62. The zero-order valence-electron chi connectivity index (χ0n) is 16.8. The van der Waals surface area contributed by atoms with Crippen molar-refractivity contribution in [2.24, 2.45) is 0 Å². The Kier molecular flexibility index (Phi) is 5.97. The van der Waals surface area contributed by atoms with Crippen LogP contribution in [0.1, 0.15) is 35.3 Å². The van der Waals surface area contributed by atoms with Crippen LogP contribution in [0.4, 0.5) is 0 Å². The predicted octanol–water partition coefficient (Wildman–Crippen LogP) is 6.03. The third-order valence-corrected chi connectivity index (χ3v) is 5.05. The van der Waals surface area contributed by atoms with E-state index < -0.39 is 0 Å². The van der Waals surface area contributed by atoms with Crippen LogP contribution in [0.25, 0.3) is 0 Å². The summed E-state index contributed by atoms with van der Waals surface area (Å²) in [5.74, 6) is 1.63. The number of fused-ring (bicyclic) bond motifs is 1. The average molecular weight is 386 g/mol. The molecule has 0 saturated heterocycles. The van der Waals surface area contributed by atoms with Crippen molar-refractivity contribution in [1.82, 2.24) is 0 Å². The Hall–Kier alpha value is -3.04. The number of hydrogen-bond acceptors (Lipinski definition) is 3. The van der Waals surface area contributed by atoms with Crippen molar-refractivity contribution in [3.8, 4) is 11.5 Å². The van der Waals surface area contributed by atoms with Gasteiger partial charge in [0.25, 0.3) is 0 Å². The van der Waals surface area contributed by atoms with Gasteiger partial charge in [0.05, 0.1) is 6.61 Å². The second kappa shape index (κ2) is 8.97. The normalized spacial score (nSPS) is 15.4. The fourth-order valence-corrected chi connectivity index (χ4v) is 3.60. The highest BCUT2D eigenvalue weighted by Gasteiger charge is 2.27. The zero-order chi connectivity index (χ0) is 20.1. The molecule has 0 saturated carbocycles. The third-order valence-electron chi connectivity index (χ3n) is 5.05. The quantitative estimate of drug-likeness (QED) is 0.464. The van der Waals surface area contributed by atoms with Crippen LogP contribution < -0.4 is 9.47 Å². The molecule has 0 fully saturated rings. The fourth-order valence-electron chi connectivity index (χ4n) is 3.60. The molecule has 29 heavy (non-hydrogen) atoms. The van der Waals surface area contributed by atoms with Gasteiger partial charge in [0.2, 0.25) is 0 Å². The lowest BCUT2D eigenvalue weighted by molar-refractivity contribution is 0.0642.